The summed E-state index contributed by atoms with van der Waals surface area (Å²) in [4.78, 5) is 36.9. The van der Waals surface area contributed by atoms with Crippen molar-refractivity contribution in [3.63, 3.8) is 0 Å². The molecule has 0 aliphatic heterocycles. The van der Waals surface area contributed by atoms with Crippen LogP contribution in [0.4, 0.5) is 4.39 Å². The van der Waals surface area contributed by atoms with E-state index in [2.05, 4.69) is 19.1 Å². The molecule has 0 spiro atoms. The third-order valence-corrected chi connectivity index (χ3v) is 8.90. The summed E-state index contributed by atoms with van der Waals surface area (Å²) in [5.41, 5.74) is -0.907. The number of rotatable bonds is 3. The number of ketones is 2. The molecule has 0 N–H and O–H groups in total. The Morgan fingerprint density at radius 3 is 2.62 bits per heavy atom. The predicted octanol–water partition coefficient (Wildman–Crippen LogP) is 4.38. The molecule has 158 valence electrons. The Labute approximate surface area is 171 Å². The van der Waals surface area contributed by atoms with E-state index in [9.17, 15) is 18.8 Å². The van der Waals surface area contributed by atoms with Gasteiger partial charge in [-0.05, 0) is 60.5 Å². The van der Waals surface area contributed by atoms with Crippen LogP contribution in [0.25, 0.3) is 0 Å². The van der Waals surface area contributed by atoms with Crippen LogP contribution >= 0.6 is 0 Å². The summed E-state index contributed by atoms with van der Waals surface area (Å²) < 4.78 is 19.4. The maximum atomic E-state index is 13.7. The Morgan fingerprint density at radius 2 is 1.97 bits per heavy atom. The summed E-state index contributed by atoms with van der Waals surface area (Å²) >= 11 is 0. The van der Waals surface area contributed by atoms with Crippen molar-refractivity contribution in [1.29, 1.82) is 0 Å². The van der Waals surface area contributed by atoms with Crippen molar-refractivity contribution in [2.75, 3.05) is 6.67 Å². The number of alkyl halides is 1. The number of allylic oxidation sites excluding steroid dienone is 4. The summed E-state index contributed by atoms with van der Waals surface area (Å²) in [6.07, 6.45) is 9.85. The molecular formula is C24H31FO4. The molecule has 0 amide bonds. The molecule has 29 heavy (non-hydrogen) atoms. The van der Waals surface area contributed by atoms with Crippen LogP contribution in [-0.2, 0) is 19.1 Å². The molecule has 0 heterocycles. The lowest BCUT2D eigenvalue weighted by molar-refractivity contribution is -0.192. The molecule has 0 aromatic carbocycles. The standard InChI is InChI=1S/C24H31FO4/c1-14-11-20-18-6-5-16-12-17(27)7-9-22(16,3)19(18)8-10-23(20,4)24(14,21(28)13-25)29-15(2)26/h5-6,12,14,18-20H,7-11,13H2,1-4H3/t14?,18-,19+,20+,22+,23+,24+/m1/s1. The van der Waals surface area contributed by atoms with Crippen LogP contribution in [0.3, 0.4) is 0 Å². The molecule has 4 aliphatic rings. The highest BCUT2D eigenvalue weighted by Gasteiger charge is 2.70. The molecule has 1 unspecified atom stereocenters. The number of hydrogen-bond acceptors (Lipinski definition) is 4. The fourth-order valence-electron chi connectivity index (χ4n) is 7.52. The van der Waals surface area contributed by atoms with Gasteiger partial charge in [-0.25, -0.2) is 4.39 Å². The van der Waals surface area contributed by atoms with Gasteiger partial charge in [0.2, 0.25) is 5.78 Å². The summed E-state index contributed by atoms with van der Waals surface area (Å²) in [5, 5.41) is 0. The van der Waals surface area contributed by atoms with E-state index >= 15 is 0 Å². The molecule has 4 nitrogen and oxygen atoms in total. The monoisotopic (exact) mass is 402 g/mol. The van der Waals surface area contributed by atoms with Crippen molar-refractivity contribution < 1.29 is 23.5 Å². The van der Waals surface area contributed by atoms with Gasteiger partial charge in [-0.1, -0.05) is 32.9 Å². The molecule has 4 rings (SSSR count). The van der Waals surface area contributed by atoms with Gasteiger partial charge in [0.25, 0.3) is 0 Å². The van der Waals surface area contributed by atoms with E-state index in [1.165, 1.54) is 6.92 Å². The molecule has 0 bridgehead atoms. The second-order valence-corrected chi connectivity index (χ2v) is 10.1. The molecule has 5 heteroatoms. The van der Waals surface area contributed by atoms with Crippen molar-refractivity contribution in [3.8, 4) is 0 Å². The van der Waals surface area contributed by atoms with Crippen LogP contribution in [0.5, 0.6) is 0 Å². The first kappa shape index (κ1) is 20.5. The van der Waals surface area contributed by atoms with Gasteiger partial charge < -0.3 is 4.74 Å². The van der Waals surface area contributed by atoms with Gasteiger partial charge in [-0.3, -0.25) is 14.4 Å². The smallest absolute Gasteiger partial charge is 0.303 e. The topological polar surface area (TPSA) is 60.4 Å². The zero-order valence-electron chi connectivity index (χ0n) is 17.8. The number of halogens is 1. The number of ether oxygens (including phenoxy) is 1. The van der Waals surface area contributed by atoms with Crippen molar-refractivity contribution >= 4 is 17.5 Å². The first-order chi connectivity index (χ1) is 13.6. The van der Waals surface area contributed by atoms with Crippen LogP contribution in [0.15, 0.2) is 23.8 Å². The fraction of sp³-hybridized carbons (Fsp3) is 0.708. The highest BCUT2D eigenvalue weighted by atomic mass is 19.1. The Balaban J connectivity index is 1.79. The highest BCUT2D eigenvalue weighted by molar-refractivity contribution is 5.93. The lowest BCUT2D eigenvalue weighted by Gasteiger charge is -2.57. The van der Waals surface area contributed by atoms with Gasteiger partial charge in [-0.2, -0.15) is 0 Å². The van der Waals surface area contributed by atoms with E-state index in [-0.39, 0.29) is 29.0 Å². The van der Waals surface area contributed by atoms with E-state index in [4.69, 9.17) is 4.74 Å². The quantitative estimate of drug-likeness (QED) is 0.657. The second-order valence-electron chi connectivity index (χ2n) is 10.1. The van der Waals surface area contributed by atoms with Crippen LogP contribution in [0.1, 0.15) is 59.8 Å². The van der Waals surface area contributed by atoms with Crippen LogP contribution in [0, 0.1) is 34.5 Å². The number of hydrogen-bond donors (Lipinski definition) is 0. The average molecular weight is 403 g/mol. The molecule has 4 aliphatic carbocycles. The molecule has 7 atom stereocenters. The zero-order valence-corrected chi connectivity index (χ0v) is 17.8. The Morgan fingerprint density at radius 1 is 1.24 bits per heavy atom. The maximum Gasteiger partial charge on any atom is 0.303 e. The minimum Gasteiger partial charge on any atom is -0.450 e. The minimum atomic E-state index is -1.39. The molecule has 0 saturated heterocycles. The number of esters is 1. The SMILES string of the molecule is CC(=O)O[C@]1(C(=O)CF)C(C)C[C@H]2[C@@H]3C=CC4=CC(=O)CC[C@]4(C)[C@H]3CC[C@@]21C. The van der Waals surface area contributed by atoms with Gasteiger partial charge in [0, 0.05) is 24.7 Å². The molecular weight excluding hydrogens is 371 g/mol. The summed E-state index contributed by atoms with van der Waals surface area (Å²) in [7, 11) is 0. The average Bonchev–Trinajstić information content (AvgIpc) is 2.89. The van der Waals surface area contributed by atoms with Crippen molar-refractivity contribution in [2.45, 2.75) is 65.4 Å². The predicted molar refractivity (Wildman–Crippen MR) is 107 cm³/mol. The first-order valence-electron chi connectivity index (χ1n) is 10.8. The van der Waals surface area contributed by atoms with E-state index in [1.807, 2.05) is 13.8 Å². The van der Waals surface area contributed by atoms with Gasteiger partial charge >= 0.3 is 5.97 Å². The fourth-order valence-corrected chi connectivity index (χ4v) is 7.52. The Kier molecular flexibility index (Phi) is 4.67. The van der Waals surface area contributed by atoms with Crippen molar-refractivity contribution in [2.24, 2.45) is 34.5 Å². The lowest BCUT2D eigenvalue weighted by atomic mass is 9.48. The highest BCUT2D eigenvalue weighted by Crippen LogP contribution is 2.68. The van der Waals surface area contributed by atoms with E-state index in [0.29, 0.717) is 18.8 Å². The van der Waals surface area contributed by atoms with Gasteiger partial charge in [0.15, 0.2) is 18.1 Å². The number of carbonyl (C=O) groups is 3. The minimum absolute atomic E-state index is 0.0469. The van der Waals surface area contributed by atoms with Crippen LogP contribution in [-0.4, -0.2) is 29.8 Å². The van der Waals surface area contributed by atoms with Crippen molar-refractivity contribution in [1.82, 2.24) is 0 Å². The van der Waals surface area contributed by atoms with E-state index in [0.717, 1.165) is 24.8 Å². The molecule has 0 aromatic rings. The first-order valence-corrected chi connectivity index (χ1v) is 10.8. The van der Waals surface area contributed by atoms with Crippen LogP contribution in [0.2, 0.25) is 0 Å². The van der Waals surface area contributed by atoms with Crippen molar-refractivity contribution in [3.05, 3.63) is 23.8 Å². The summed E-state index contributed by atoms with van der Waals surface area (Å²) in [5.74, 6) is -0.406. The number of Topliss-reactive ketones (excluding diaryl/α,β-unsaturated/α-hetero) is 1. The molecule has 0 radical (unpaired) electrons. The molecule has 0 aromatic heterocycles. The van der Waals surface area contributed by atoms with Gasteiger partial charge in [-0.15, -0.1) is 0 Å². The molecule has 2 saturated carbocycles. The van der Waals surface area contributed by atoms with Gasteiger partial charge in [0.05, 0.1) is 0 Å². The number of carbonyl (C=O) groups excluding carboxylic acids is 3. The third kappa shape index (κ3) is 2.58. The van der Waals surface area contributed by atoms with Gasteiger partial charge in [0.1, 0.15) is 0 Å². The zero-order chi connectivity index (χ0) is 21.2. The number of fused-ring (bicyclic) bond motifs is 5. The maximum absolute atomic E-state index is 13.7. The Hall–Kier alpha value is -1.78. The Bertz CT molecular complexity index is 829. The van der Waals surface area contributed by atoms with E-state index in [1.54, 1.807) is 6.08 Å². The van der Waals surface area contributed by atoms with E-state index < -0.39 is 29.4 Å². The largest absolute Gasteiger partial charge is 0.450 e. The molecule has 2 fully saturated rings. The second kappa shape index (κ2) is 6.61. The normalized spacial score (nSPS) is 45.7. The van der Waals surface area contributed by atoms with Crippen LogP contribution < -0.4 is 0 Å². The summed E-state index contributed by atoms with van der Waals surface area (Å²) in [6.45, 7) is 6.41. The third-order valence-electron chi connectivity index (χ3n) is 8.90. The lowest BCUT2D eigenvalue weighted by Crippen LogP contribution is -2.60. The summed E-state index contributed by atoms with van der Waals surface area (Å²) in [6, 6.07) is 0.